The van der Waals surface area contributed by atoms with E-state index < -0.39 is 17.8 Å². The molecule has 0 saturated carbocycles. The van der Waals surface area contributed by atoms with Gasteiger partial charge in [0.25, 0.3) is 0 Å². The number of halogens is 2. The molecule has 0 radical (unpaired) electrons. The Balaban J connectivity index is 2.07. The smallest absolute Gasteiger partial charge is 0.338 e. The second-order valence-electron chi connectivity index (χ2n) is 5.29. The van der Waals surface area contributed by atoms with Crippen LogP contribution in [0.1, 0.15) is 18.5 Å². The summed E-state index contributed by atoms with van der Waals surface area (Å²) in [7, 11) is 1.50. The highest BCUT2D eigenvalue weighted by Gasteiger charge is 2.36. The lowest BCUT2D eigenvalue weighted by molar-refractivity contribution is -0.140. The highest BCUT2D eigenvalue weighted by atomic mass is 35.5. The van der Waals surface area contributed by atoms with Gasteiger partial charge in [0.1, 0.15) is 18.5 Å². The molecule has 8 nitrogen and oxygen atoms in total. The van der Waals surface area contributed by atoms with Crippen molar-refractivity contribution in [2.45, 2.75) is 13.0 Å². The first kappa shape index (κ1) is 17.3. The van der Waals surface area contributed by atoms with Crippen molar-refractivity contribution in [2.24, 2.45) is 0 Å². The zero-order chi connectivity index (χ0) is 18.0. The van der Waals surface area contributed by atoms with Gasteiger partial charge in [0, 0.05) is 18.4 Å². The maximum atomic E-state index is 14.6. The van der Waals surface area contributed by atoms with Crippen molar-refractivity contribution in [2.75, 3.05) is 25.6 Å². The van der Waals surface area contributed by atoms with E-state index in [0.717, 1.165) is 0 Å². The Morgan fingerprint density at radius 2 is 2.24 bits per heavy atom. The van der Waals surface area contributed by atoms with Crippen LogP contribution in [-0.4, -0.2) is 46.5 Å². The van der Waals surface area contributed by atoms with E-state index in [2.05, 4.69) is 20.8 Å². The van der Waals surface area contributed by atoms with E-state index in [1.54, 1.807) is 13.0 Å². The van der Waals surface area contributed by atoms with Gasteiger partial charge in [0.05, 0.1) is 17.2 Å². The largest absolute Gasteiger partial charge is 0.460 e. The number of nitrogens with zero attached hydrogens (tertiary/aromatic N) is 4. The monoisotopic (exact) mass is 367 g/mol. The van der Waals surface area contributed by atoms with Gasteiger partial charge < -0.3 is 14.8 Å². The summed E-state index contributed by atoms with van der Waals surface area (Å²) in [5.74, 6) is -0.976. The minimum atomic E-state index is -0.903. The third-order valence-corrected chi connectivity index (χ3v) is 4.02. The first-order chi connectivity index (χ1) is 12.0. The van der Waals surface area contributed by atoms with Crippen LogP contribution < -0.4 is 5.32 Å². The fourth-order valence-electron chi connectivity index (χ4n) is 2.59. The van der Waals surface area contributed by atoms with Crippen LogP contribution >= 0.6 is 11.6 Å². The number of allylic oxidation sites excluding steroid dienone is 1. The number of ether oxygens (including phenoxy) is 2. The second kappa shape index (κ2) is 7.16. The summed E-state index contributed by atoms with van der Waals surface area (Å²) < 4.78 is 26.0. The average molecular weight is 368 g/mol. The van der Waals surface area contributed by atoms with Gasteiger partial charge in [-0.15, -0.1) is 0 Å². The molecule has 0 aliphatic carbocycles. The minimum Gasteiger partial charge on any atom is -0.460 e. The standard InChI is InChI=1S/C15H15ClFN5O3/c1-8-11(14(23)25-7-6-24-2)13(22-15(18-8)19-20-21-22)9-4-3-5-10(16)12(9)17/h3-5,13H,6-7H2,1-2H3,(H,18,19,21)/t13-/m0/s1. The van der Waals surface area contributed by atoms with E-state index >= 15 is 0 Å². The number of nitrogens with one attached hydrogen (secondary N) is 1. The molecule has 1 aliphatic heterocycles. The third kappa shape index (κ3) is 3.20. The molecule has 0 fully saturated rings. The van der Waals surface area contributed by atoms with Crippen molar-refractivity contribution in [3.05, 3.63) is 45.9 Å². The number of methoxy groups -OCH3 is 1. The van der Waals surface area contributed by atoms with Crippen molar-refractivity contribution in [3.8, 4) is 0 Å². The molecule has 0 unspecified atom stereocenters. The summed E-state index contributed by atoms with van der Waals surface area (Å²) in [6.07, 6.45) is 0. The van der Waals surface area contributed by atoms with Gasteiger partial charge in [-0.1, -0.05) is 28.8 Å². The molecule has 0 amide bonds. The van der Waals surface area contributed by atoms with E-state index in [1.807, 2.05) is 0 Å². The molecule has 10 heteroatoms. The third-order valence-electron chi connectivity index (χ3n) is 3.73. The SMILES string of the molecule is COCCOC(=O)C1=C(C)Nc2nnnn2[C@H]1c1cccc(Cl)c1F. The van der Waals surface area contributed by atoms with Crippen molar-refractivity contribution in [1.82, 2.24) is 20.2 Å². The first-order valence-corrected chi connectivity index (χ1v) is 7.78. The lowest BCUT2D eigenvalue weighted by atomic mass is 9.95. The Bertz CT molecular complexity index is 838. The average Bonchev–Trinajstić information content (AvgIpc) is 3.04. The number of esters is 1. The molecule has 0 spiro atoms. The van der Waals surface area contributed by atoms with Gasteiger partial charge in [-0.05, 0) is 23.4 Å². The maximum absolute atomic E-state index is 14.6. The minimum absolute atomic E-state index is 0.0598. The molecule has 0 bridgehead atoms. The van der Waals surface area contributed by atoms with Crippen LogP contribution in [0, 0.1) is 5.82 Å². The number of tetrazole rings is 1. The molecule has 1 aromatic heterocycles. The number of hydrogen-bond acceptors (Lipinski definition) is 7. The number of fused-ring (bicyclic) bond motifs is 1. The van der Waals surface area contributed by atoms with Crippen molar-refractivity contribution in [3.63, 3.8) is 0 Å². The van der Waals surface area contributed by atoms with Crippen LogP contribution in [0.2, 0.25) is 5.02 Å². The molecule has 0 saturated heterocycles. The Labute approximate surface area is 147 Å². The molecule has 1 aliphatic rings. The summed E-state index contributed by atoms with van der Waals surface area (Å²) in [5, 5.41) is 14.1. The van der Waals surface area contributed by atoms with E-state index in [9.17, 15) is 9.18 Å². The quantitative estimate of drug-likeness (QED) is 0.637. The lowest BCUT2D eigenvalue weighted by Crippen LogP contribution is -2.30. The van der Waals surface area contributed by atoms with E-state index in [1.165, 1.54) is 23.9 Å². The lowest BCUT2D eigenvalue weighted by Gasteiger charge is -2.27. The molecule has 2 aromatic rings. The maximum Gasteiger partial charge on any atom is 0.338 e. The fraction of sp³-hybridized carbons (Fsp3) is 0.333. The van der Waals surface area contributed by atoms with Gasteiger partial charge >= 0.3 is 5.97 Å². The van der Waals surface area contributed by atoms with E-state index in [0.29, 0.717) is 5.70 Å². The molecule has 2 heterocycles. The molecule has 25 heavy (non-hydrogen) atoms. The topological polar surface area (TPSA) is 91.2 Å². The van der Waals surface area contributed by atoms with Crippen LogP contribution in [-0.2, 0) is 14.3 Å². The molecule has 1 N–H and O–H groups in total. The van der Waals surface area contributed by atoms with Gasteiger partial charge in [-0.3, -0.25) is 0 Å². The zero-order valence-electron chi connectivity index (χ0n) is 13.5. The highest BCUT2D eigenvalue weighted by Crippen LogP contribution is 2.37. The highest BCUT2D eigenvalue weighted by molar-refractivity contribution is 6.30. The number of carbonyl (C=O) groups is 1. The Morgan fingerprint density at radius 3 is 3.00 bits per heavy atom. The van der Waals surface area contributed by atoms with Gasteiger partial charge in [0.15, 0.2) is 0 Å². The zero-order valence-corrected chi connectivity index (χ0v) is 14.2. The van der Waals surface area contributed by atoms with Crippen LogP contribution in [0.3, 0.4) is 0 Å². The summed E-state index contributed by atoms with van der Waals surface area (Å²) in [4.78, 5) is 12.6. The van der Waals surface area contributed by atoms with Crippen molar-refractivity contribution in [1.29, 1.82) is 0 Å². The Hall–Kier alpha value is -2.52. The summed E-state index contributed by atoms with van der Waals surface area (Å²) in [6, 6.07) is 3.64. The number of rotatable bonds is 5. The normalized spacial score (nSPS) is 16.4. The summed E-state index contributed by atoms with van der Waals surface area (Å²) in [6.45, 7) is 1.98. The van der Waals surface area contributed by atoms with Crippen LogP contribution in [0.5, 0.6) is 0 Å². The molecular weight excluding hydrogens is 353 g/mol. The van der Waals surface area contributed by atoms with Crippen molar-refractivity contribution < 1.29 is 18.7 Å². The van der Waals surface area contributed by atoms with Crippen LogP contribution in [0.15, 0.2) is 29.5 Å². The molecule has 132 valence electrons. The van der Waals surface area contributed by atoms with Crippen LogP contribution in [0.4, 0.5) is 10.3 Å². The van der Waals surface area contributed by atoms with E-state index in [-0.39, 0.29) is 35.3 Å². The number of aromatic nitrogens is 4. The summed E-state index contributed by atoms with van der Waals surface area (Å²) in [5.41, 5.74) is 0.826. The fourth-order valence-corrected chi connectivity index (χ4v) is 2.77. The molecule has 1 aromatic carbocycles. The van der Waals surface area contributed by atoms with Gasteiger partial charge in [-0.25, -0.2) is 9.18 Å². The van der Waals surface area contributed by atoms with Crippen LogP contribution in [0.25, 0.3) is 0 Å². The number of anilines is 1. The second-order valence-corrected chi connectivity index (χ2v) is 5.69. The van der Waals surface area contributed by atoms with Gasteiger partial charge in [-0.2, -0.15) is 4.68 Å². The Morgan fingerprint density at radius 1 is 1.44 bits per heavy atom. The summed E-state index contributed by atoms with van der Waals surface area (Å²) >= 11 is 5.90. The molecular formula is C15H15ClFN5O3. The number of hydrogen-bond donors (Lipinski definition) is 1. The molecule has 1 atom stereocenters. The van der Waals surface area contributed by atoms with Crippen molar-refractivity contribution >= 4 is 23.5 Å². The van der Waals surface area contributed by atoms with Gasteiger partial charge in [0.2, 0.25) is 5.95 Å². The van der Waals surface area contributed by atoms with E-state index in [4.69, 9.17) is 21.1 Å². The number of benzene rings is 1. The Kier molecular flexibility index (Phi) is 4.95. The molecule has 3 rings (SSSR count). The predicted octanol–water partition coefficient (Wildman–Crippen LogP) is 1.94. The predicted molar refractivity (Wildman–Crippen MR) is 86.5 cm³/mol. The first-order valence-electron chi connectivity index (χ1n) is 7.40. The number of carbonyl (C=O) groups excluding carboxylic acids is 1.